The number of benzene rings is 2. The van der Waals surface area contributed by atoms with E-state index in [9.17, 15) is 18.0 Å². The van der Waals surface area contributed by atoms with Crippen molar-refractivity contribution in [1.82, 2.24) is 4.90 Å². The van der Waals surface area contributed by atoms with E-state index in [1.807, 2.05) is 37.3 Å². The molecule has 0 radical (unpaired) electrons. The van der Waals surface area contributed by atoms with Crippen LogP contribution in [0.25, 0.3) is 0 Å². The zero-order valence-corrected chi connectivity index (χ0v) is 18.2. The predicted octanol–water partition coefficient (Wildman–Crippen LogP) is 2.93. The molecule has 0 unspecified atom stereocenters. The Balaban J connectivity index is 1.77. The van der Waals surface area contributed by atoms with Crippen molar-refractivity contribution in [2.45, 2.75) is 43.9 Å². The fourth-order valence-corrected chi connectivity index (χ4v) is 4.98. The molecule has 0 saturated heterocycles. The van der Waals surface area contributed by atoms with Crippen LogP contribution in [0.5, 0.6) is 5.75 Å². The van der Waals surface area contributed by atoms with Crippen LogP contribution in [-0.4, -0.2) is 43.5 Å². The third-order valence-corrected chi connectivity index (χ3v) is 7.44. The lowest BCUT2D eigenvalue weighted by atomic mass is 10.2. The van der Waals surface area contributed by atoms with Crippen LogP contribution in [0.1, 0.15) is 31.4 Å². The van der Waals surface area contributed by atoms with Crippen molar-refractivity contribution < 1.29 is 22.7 Å². The molecule has 0 saturated carbocycles. The highest BCUT2D eigenvalue weighted by molar-refractivity contribution is 7.92. The van der Waals surface area contributed by atoms with Gasteiger partial charge in [0.25, 0.3) is 5.91 Å². The maximum absolute atomic E-state index is 13.2. The molecule has 1 N–H and O–H groups in total. The molecular weight excluding hydrogens is 404 g/mol. The minimum atomic E-state index is -3.77. The summed E-state index contributed by atoms with van der Waals surface area (Å²) in [4.78, 5) is 26.1. The zero-order chi connectivity index (χ0) is 21.9. The minimum absolute atomic E-state index is 0.114. The van der Waals surface area contributed by atoms with E-state index in [1.165, 1.54) is 6.07 Å². The van der Waals surface area contributed by atoms with Crippen LogP contribution in [0, 0.1) is 6.92 Å². The highest BCUT2D eigenvalue weighted by Crippen LogP contribution is 2.34. The fraction of sp³-hybridized carbons (Fsp3) is 0.364. The van der Waals surface area contributed by atoms with E-state index in [1.54, 1.807) is 24.8 Å². The lowest BCUT2D eigenvalue weighted by Crippen LogP contribution is -2.34. The minimum Gasteiger partial charge on any atom is -0.482 e. The summed E-state index contributed by atoms with van der Waals surface area (Å²) in [6.45, 7) is 5.86. The molecule has 7 nitrogen and oxygen atoms in total. The van der Waals surface area contributed by atoms with Crippen molar-refractivity contribution >= 4 is 27.3 Å². The number of anilines is 1. The second-order valence-corrected chi connectivity index (χ2v) is 9.74. The van der Waals surface area contributed by atoms with E-state index < -0.39 is 15.1 Å². The van der Waals surface area contributed by atoms with Gasteiger partial charge in [-0.3, -0.25) is 9.59 Å². The van der Waals surface area contributed by atoms with Gasteiger partial charge < -0.3 is 15.0 Å². The molecule has 2 amide bonds. The number of aryl methyl sites for hydroxylation is 1. The Labute approximate surface area is 177 Å². The van der Waals surface area contributed by atoms with Crippen molar-refractivity contribution in [3.63, 3.8) is 0 Å². The number of sulfone groups is 1. The van der Waals surface area contributed by atoms with E-state index in [4.69, 9.17) is 4.74 Å². The molecule has 0 spiro atoms. The first-order chi connectivity index (χ1) is 14.2. The molecule has 0 fully saturated rings. The van der Waals surface area contributed by atoms with Crippen LogP contribution in [0.15, 0.2) is 47.4 Å². The van der Waals surface area contributed by atoms with E-state index in [0.717, 1.165) is 5.56 Å². The summed E-state index contributed by atoms with van der Waals surface area (Å²) in [6.07, 6.45) is -0.114. The molecule has 1 aliphatic heterocycles. The second-order valence-electron chi connectivity index (χ2n) is 7.40. The average Bonchev–Trinajstić information content (AvgIpc) is 2.71. The Morgan fingerprint density at radius 3 is 2.60 bits per heavy atom. The van der Waals surface area contributed by atoms with Crippen molar-refractivity contribution in [2.75, 3.05) is 18.5 Å². The first-order valence-electron chi connectivity index (χ1n) is 9.85. The summed E-state index contributed by atoms with van der Waals surface area (Å²) >= 11 is 0. The van der Waals surface area contributed by atoms with Gasteiger partial charge in [0.05, 0.1) is 15.8 Å². The average molecular weight is 431 g/mol. The summed E-state index contributed by atoms with van der Waals surface area (Å²) < 4.78 is 31.7. The van der Waals surface area contributed by atoms with Gasteiger partial charge >= 0.3 is 0 Å². The standard InChI is InChI=1S/C22H26N2O5S/c1-4-24(13-17-8-6-5-7-9-17)22(26)11-16(3)30(27,28)20-12-19-18(10-15(20)2)23-21(25)14-29-19/h5-10,12,16H,4,11,13-14H2,1-3H3,(H,23,25)/t16-/m1/s1. The van der Waals surface area contributed by atoms with Gasteiger partial charge in [0.2, 0.25) is 5.91 Å². The molecule has 1 atom stereocenters. The van der Waals surface area contributed by atoms with Crippen LogP contribution in [0.4, 0.5) is 5.69 Å². The first-order valence-corrected chi connectivity index (χ1v) is 11.4. The topological polar surface area (TPSA) is 92.8 Å². The molecule has 2 aromatic carbocycles. The van der Waals surface area contributed by atoms with Crippen molar-refractivity contribution in [3.05, 3.63) is 53.6 Å². The molecule has 0 aromatic heterocycles. The first kappa shape index (κ1) is 21.8. The highest BCUT2D eigenvalue weighted by atomic mass is 32.2. The quantitative estimate of drug-likeness (QED) is 0.729. The largest absolute Gasteiger partial charge is 0.482 e. The fourth-order valence-electron chi connectivity index (χ4n) is 3.40. The molecule has 0 bridgehead atoms. The van der Waals surface area contributed by atoms with Gasteiger partial charge in [-0.1, -0.05) is 30.3 Å². The summed E-state index contributed by atoms with van der Waals surface area (Å²) in [5, 5.41) is 1.77. The van der Waals surface area contributed by atoms with Crippen LogP contribution >= 0.6 is 0 Å². The van der Waals surface area contributed by atoms with Crippen LogP contribution < -0.4 is 10.1 Å². The van der Waals surface area contributed by atoms with Gasteiger partial charge in [-0.05, 0) is 38.0 Å². The van der Waals surface area contributed by atoms with Crippen molar-refractivity contribution in [3.8, 4) is 5.75 Å². The molecule has 30 heavy (non-hydrogen) atoms. The molecule has 8 heteroatoms. The molecule has 0 aliphatic carbocycles. The Morgan fingerprint density at radius 2 is 1.93 bits per heavy atom. The second kappa shape index (κ2) is 8.87. The lowest BCUT2D eigenvalue weighted by molar-refractivity contribution is -0.131. The number of amides is 2. The molecular formula is C22H26N2O5S. The monoisotopic (exact) mass is 430 g/mol. The maximum Gasteiger partial charge on any atom is 0.262 e. The SMILES string of the molecule is CCN(Cc1ccccc1)C(=O)C[C@@H](C)S(=O)(=O)c1cc2c(cc1C)NC(=O)CO2. The summed E-state index contributed by atoms with van der Waals surface area (Å²) in [7, 11) is -3.77. The third kappa shape index (κ3) is 4.64. The van der Waals surface area contributed by atoms with Gasteiger partial charge in [0.1, 0.15) is 5.75 Å². The molecule has 2 aromatic rings. The number of carbonyl (C=O) groups is 2. The highest BCUT2D eigenvalue weighted by Gasteiger charge is 2.30. The number of nitrogens with zero attached hydrogens (tertiary/aromatic N) is 1. The number of fused-ring (bicyclic) bond motifs is 1. The number of hydrogen-bond donors (Lipinski definition) is 1. The van der Waals surface area contributed by atoms with E-state index in [0.29, 0.717) is 30.1 Å². The van der Waals surface area contributed by atoms with Crippen LogP contribution in [-0.2, 0) is 26.0 Å². The van der Waals surface area contributed by atoms with Crippen molar-refractivity contribution in [2.24, 2.45) is 0 Å². The summed E-state index contributed by atoms with van der Waals surface area (Å²) in [5.41, 5.74) is 1.94. The number of rotatable bonds is 7. The zero-order valence-electron chi connectivity index (χ0n) is 17.3. The number of ether oxygens (including phenoxy) is 1. The van der Waals surface area contributed by atoms with Gasteiger partial charge in [-0.2, -0.15) is 0 Å². The van der Waals surface area contributed by atoms with Gasteiger partial charge in [0.15, 0.2) is 16.4 Å². The smallest absolute Gasteiger partial charge is 0.262 e. The van der Waals surface area contributed by atoms with Crippen LogP contribution in [0.2, 0.25) is 0 Å². The van der Waals surface area contributed by atoms with E-state index in [-0.39, 0.29) is 29.7 Å². The van der Waals surface area contributed by atoms with Gasteiger partial charge in [-0.25, -0.2) is 8.42 Å². The maximum atomic E-state index is 13.2. The Kier molecular flexibility index (Phi) is 6.45. The number of nitrogens with one attached hydrogen (secondary N) is 1. The normalized spacial score (nSPS) is 14.3. The molecule has 160 valence electrons. The number of carbonyl (C=O) groups excluding carboxylic acids is 2. The Bertz CT molecular complexity index is 1050. The molecule has 3 rings (SSSR count). The molecule has 1 heterocycles. The lowest BCUT2D eigenvalue weighted by Gasteiger charge is -2.24. The number of hydrogen-bond acceptors (Lipinski definition) is 5. The van der Waals surface area contributed by atoms with E-state index >= 15 is 0 Å². The van der Waals surface area contributed by atoms with Crippen molar-refractivity contribution in [1.29, 1.82) is 0 Å². The Hall–Kier alpha value is -2.87. The van der Waals surface area contributed by atoms with E-state index in [2.05, 4.69) is 5.32 Å². The predicted molar refractivity (Wildman–Crippen MR) is 114 cm³/mol. The van der Waals surface area contributed by atoms with Gasteiger partial charge in [0, 0.05) is 25.6 Å². The van der Waals surface area contributed by atoms with Gasteiger partial charge in [-0.15, -0.1) is 0 Å². The molecule has 1 aliphatic rings. The van der Waals surface area contributed by atoms with Crippen LogP contribution in [0.3, 0.4) is 0 Å². The summed E-state index contributed by atoms with van der Waals surface area (Å²) in [6, 6.07) is 12.6. The third-order valence-electron chi connectivity index (χ3n) is 5.16. The summed E-state index contributed by atoms with van der Waals surface area (Å²) in [5.74, 6) is -0.178. The Morgan fingerprint density at radius 1 is 1.23 bits per heavy atom.